The molecule has 2 atom stereocenters. The van der Waals surface area contributed by atoms with Crippen LogP contribution in [0.4, 0.5) is 11.4 Å². The lowest BCUT2D eigenvalue weighted by molar-refractivity contribution is -0.118. The summed E-state index contributed by atoms with van der Waals surface area (Å²) in [5.41, 5.74) is 4.33. The Bertz CT molecular complexity index is 1490. The second kappa shape index (κ2) is 10.7. The standard InChI is InChI=1S/C31H27BrN2O4/c1-19-18-21(32)10-17-27(19)33-30(35)28-25-6-4-5-7-26(25)31(36)34(22-11-15-24(38-3)16-12-22)29(28)20-8-13-23(37-2)14-9-20/h4-18,28-29H,1-3H3,(H,33,35)/t28-,29+/m0/s1. The summed E-state index contributed by atoms with van der Waals surface area (Å²) in [6, 6.07) is 27.3. The molecule has 0 spiro atoms. The summed E-state index contributed by atoms with van der Waals surface area (Å²) in [5, 5.41) is 3.13. The Hall–Kier alpha value is -4.10. The third-order valence-corrected chi connectivity index (χ3v) is 7.37. The highest BCUT2D eigenvalue weighted by atomic mass is 79.9. The zero-order chi connectivity index (χ0) is 26.8. The molecule has 192 valence electrons. The molecule has 0 aromatic heterocycles. The van der Waals surface area contributed by atoms with Crippen LogP contribution in [-0.4, -0.2) is 26.0 Å². The van der Waals surface area contributed by atoms with Crippen LogP contribution in [0.1, 0.15) is 39.0 Å². The summed E-state index contributed by atoms with van der Waals surface area (Å²) in [6.45, 7) is 1.95. The fourth-order valence-electron chi connectivity index (χ4n) is 4.96. The van der Waals surface area contributed by atoms with E-state index in [1.165, 1.54) is 0 Å². The van der Waals surface area contributed by atoms with Crippen LogP contribution in [0.3, 0.4) is 0 Å². The largest absolute Gasteiger partial charge is 0.497 e. The van der Waals surface area contributed by atoms with E-state index in [0.717, 1.165) is 21.3 Å². The van der Waals surface area contributed by atoms with Crippen LogP contribution in [0.5, 0.6) is 11.5 Å². The van der Waals surface area contributed by atoms with Crippen LogP contribution in [0, 0.1) is 6.92 Å². The lowest BCUT2D eigenvalue weighted by Crippen LogP contribution is -2.46. The number of nitrogens with zero attached hydrogens (tertiary/aromatic N) is 1. The average molecular weight is 571 g/mol. The molecule has 0 saturated carbocycles. The van der Waals surface area contributed by atoms with Crippen LogP contribution in [0.2, 0.25) is 0 Å². The number of carbonyl (C=O) groups excluding carboxylic acids is 2. The van der Waals surface area contributed by atoms with Gasteiger partial charge in [0.15, 0.2) is 0 Å². The topological polar surface area (TPSA) is 67.9 Å². The maximum Gasteiger partial charge on any atom is 0.259 e. The number of ether oxygens (including phenoxy) is 2. The van der Waals surface area contributed by atoms with E-state index in [9.17, 15) is 9.59 Å². The summed E-state index contributed by atoms with van der Waals surface area (Å²) in [5.74, 6) is 0.325. The summed E-state index contributed by atoms with van der Waals surface area (Å²) in [7, 11) is 3.21. The summed E-state index contributed by atoms with van der Waals surface area (Å²) in [6.07, 6.45) is 0. The number of carbonyl (C=O) groups is 2. The van der Waals surface area contributed by atoms with E-state index in [2.05, 4.69) is 21.2 Å². The maximum absolute atomic E-state index is 14.2. The minimum absolute atomic E-state index is 0.171. The number of halogens is 1. The molecule has 1 aliphatic heterocycles. The molecular formula is C31H27BrN2O4. The third-order valence-electron chi connectivity index (χ3n) is 6.88. The van der Waals surface area contributed by atoms with Crippen molar-refractivity contribution in [2.45, 2.75) is 18.9 Å². The molecule has 1 aliphatic rings. The van der Waals surface area contributed by atoms with Gasteiger partial charge >= 0.3 is 0 Å². The highest BCUT2D eigenvalue weighted by Crippen LogP contribution is 2.46. The molecule has 0 fully saturated rings. The van der Waals surface area contributed by atoms with E-state index >= 15 is 0 Å². The van der Waals surface area contributed by atoms with Crippen molar-refractivity contribution in [2.75, 3.05) is 24.4 Å². The first-order valence-electron chi connectivity index (χ1n) is 12.2. The molecular weight excluding hydrogens is 544 g/mol. The SMILES string of the molecule is COc1ccc([C@@H]2[C@@H](C(=O)Nc3ccc(Br)cc3C)c3ccccc3C(=O)N2c2ccc(OC)cc2)cc1. The van der Waals surface area contributed by atoms with Crippen molar-refractivity contribution < 1.29 is 19.1 Å². The number of benzene rings is 4. The first-order chi connectivity index (χ1) is 18.4. The van der Waals surface area contributed by atoms with Crippen molar-refractivity contribution in [1.29, 1.82) is 0 Å². The molecule has 4 aromatic rings. The molecule has 6 nitrogen and oxygen atoms in total. The van der Waals surface area contributed by atoms with Crippen molar-refractivity contribution in [2.24, 2.45) is 0 Å². The van der Waals surface area contributed by atoms with E-state index < -0.39 is 12.0 Å². The van der Waals surface area contributed by atoms with E-state index in [1.807, 2.05) is 91.9 Å². The average Bonchev–Trinajstić information content (AvgIpc) is 2.94. The molecule has 38 heavy (non-hydrogen) atoms. The van der Waals surface area contributed by atoms with Gasteiger partial charge in [0.25, 0.3) is 5.91 Å². The van der Waals surface area contributed by atoms with E-state index in [1.54, 1.807) is 25.2 Å². The number of fused-ring (bicyclic) bond motifs is 1. The van der Waals surface area contributed by atoms with Crippen molar-refractivity contribution in [3.8, 4) is 11.5 Å². The van der Waals surface area contributed by atoms with Crippen molar-refractivity contribution in [1.82, 2.24) is 0 Å². The fraction of sp³-hybridized carbons (Fsp3) is 0.161. The van der Waals surface area contributed by atoms with Crippen LogP contribution in [0.25, 0.3) is 0 Å². The van der Waals surface area contributed by atoms with Crippen molar-refractivity contribution >= 4 is 39.1 Å². The maximum atomic E-state index is 14.2. The minimum Gasteiger partial charge on any atom is -0.497 e. The summed E-state index contributed by atoms with van der Waals surface area (Å²) >= 11 is 3.49. The number of hydrogen-bond acceptors (Lipinski definition) is 4. The normalized spacial score (nSPS) is 16.5. The van der Waals surface area contributed by atoms with Gasteiger partial charge in [0, 0.05) is 21.4 Å². The predicted octanol–water partition coefficient (Wildman–Crippen LogP) is 6.90. The monoisotopic (exact) mass is 570 g/mol. The highest BCUT2D eigenvalue weighted by Gasteiger charge is 2.45. The Morgan fingerprint density at radius 1 is 0.868 bits per heavy atom. The number of methoxy groups -OCH3 is 2. The Balaban J connectivity index is 1.68. The lowest BCUT2D eigenvalue weighted by atomic mass is 9.78. The predicted molar refractivity (Wildman–Crippen MR) is 152 cm³/mol. The van der Waals surface area contributed by atoms with E-state index in [-0.39, 0.29) is 11.8 Å². The van der Waals surface area contributed by atoms with Crippen LogP contribution in [-0.2, 0) is 4.79 Å². The highest BCUT2D eigenvalue weighted by molar-refractivity contribution is 9.10. The van der Waals surface area contributed by atoms with E-state index in [0.29, 0.717) is 28.3 Å². The molecule has 1 N–H and O–H groups in total. The third kappa shape index (κ3) is 4.77. The molecule has 0 unspecified atom stereocenters. The van der Waals surface area contributed by atoms with Gasteiger partial charge < -0.3 is 14.8 Å². The van der Waals surface area contributed by atoms with Crippen LogP contribution < -0.4 is 19.7 Å². The van der Waals surface area contributed by atoms with Crippen LogP contribution in [0.15, 0.2) is 95.5 Å². The molecule has 4 aromatic carbocycles. The molecule has 7 heteroatoms. The summed E-state index contributed by atoms with van der Waals surface area (Å²) in [4.78, 5) is 29.9. The number of anilines is 2. The number of rotatable bonds is 6. The second-order valence-electron chi connectivity index (χ2n) is 9.10. The van der Waals surface area contributed by atoms with Gasteiger partial charge in [0.05, 0.1) is 26.2 Å². The van der Waals surface area contributed by atoms with Crippen LogP contribution >= 0.6 is 15.9 Å². The van der Waals surface area contributed by atoms with Gasteiger partial charge in [-0.2, -0.15) is 0 Å². The number of hydrogen-bond donors (Lipinski definition) is 1. The molecule has 0 saturated heterocycles. The van der Waals surface area contributed by atoms with Gasteiger partial charge in [-0.1, -0.05) is 46.3 Å². The van der Waals surface area contributed by atoms with Crippen molar-refractivity contribution in [3.63, 3.8) is 0 Å². The quantitative estimate of drug-likeness (QED) is 0.274. The Labute approximate surface area is 230 Å². The molecule has 1 heterocycles. The molecule has 0 radical (unpaired) electrons. The summed E-state index contributed by atoms with van der Waals surface area (Å²) < 4.78 is 11.6. The minimum atomic E-state index is -0.678. The molecule has 5 rings (SSSR count). The smallest absolute Gasteiger partial charge is 0.259 e. The number of nitrogens with one attached hydrogen (secondary N) is 1. The van der Waals surface area contributed by atoms with Gasteiger partial charge in [0.1, 0.15) is 11.5 Å². The zero-order valence-corrected chi connectivity index (χ0v) is 22.9. The zero-order valence-electron chi connectivity index (χ0n) is 21.3. The lowest BCUT2D eigenvalue weighted by Gasteiger charge is -2.42. The molecule has 2 amide bonds. The van der Waals surface area contributed by atoms with Gasteiger partial charge in [-0.15, -0.1) is 0 Å². The Kier molecular flexibility index (Phi) is 7.20. The first-order valence-corrected chi connectivity index (χ1v) is 13.0. The Morgan fingerprint density at radius 2 is 1.50 bits per heavy atom. The second-order valence-corrected chi connectivity index (χ2v) is 10.0. The first kappa shape index (κ1) is 25.5. The fourth-order valence-corrected chi connectivity index (χ4v) is 5.44. The Morgan fingerprint density at radius 3 is 2.13 bits per heavy atom. The number of amides is 2. The van der Waals surface area contributed by atoms with Gasteiger partial charge in [-0.05, 0) is 84.3 Å². The van der Waals surface area contributed by atoms with Gasteiger partial charge in [0.2, 0.25) is 5.91 Å². The number of aryl methyl sites for hydroxylation is 1. The molecule has 0 aliphatic carbocycles. The van der Waals surface area contributed by atoms with Gasteiger partial charge in [-0.3, -0.25) is 14.5 Å². The van der Waals surface area contributed by atoms with Gasteiger partial charge in [-0.25, -0.2) is 0 Å². The molecule has 0 bridgehead atoms. The van der Waals surface area contributed by atoms with Crippen molar-refractivity contribution in [3.05, 3.63) is 118 Å². The van der Waals surface area contributed by atoms with E-state index in [4.69, 9.17) is 9.47 Å².